The Kier molecular flexibility index (Phi) is 6.71. The minimum atomic E-state index is -1.15. The fourth-order valence-corrected chi connectivity index (χ4v) is 4.05. The van der Waals surface area contributed by atoms with Crippen LogP contribution >= 0.6 is 0 Å². The number of carbonyl (C=O) groups excluding carboxylic acids is 2. The van der Waals surface area contributed by atoms with E-state index in [1.807, 2.05) is 12.1 Å². The summed E-state index contributed by atoms with van der Waals surface area (Å²) in [7, 11) is 0. The number of benzene rings is 2. The zero-order valence-electron chi connectivity index (χ0n) is 19.9. The largest absolute Gasteiger partial charge is 0.467 e. The Morgan fingerprint density at radius 2 is 1.97 bits per heavy atom. The molecule has 9 nitrogen and oxygen atoms in total. The topological polar surface area (TPSA) is 106 Å². The predicted octanol–water partition coefficient (Wildman–Crippen LogP) is 3.96. The van der Waals surface area contributed by atoms with E-state index in [0.717, 1.165) is 0 Å². The third-order valence-electron chi connectivity index (χ3n) is 5.93. The van der Waals surface area contributed by atoms with Gasteiger partial charge in [-0.2, -0.15) is 0 Å². The molecule has 0 radical (unpaired) electrons. The van der Waals surface area contributed by atoms with E-state index >= 15 is 0 Å². The van der Waals surface area contributed by atoms with Gasteiger partial charge in [0.2, 0.25) is 11.8 Å². The van der Waals surface area contributed by atoms with Gasteiger partial charge in [0, 0.05) is 23.6 Å². The van der Waals surface area contributed by atoms with Gasteiger partial charge in [-0.15, -0.1) is 5.10 Å². The molecule has 0 saturated carbocycles. The predicted molar refractivity (Wildman–Crippen MR) is 134 cm³/mol. The maximum absolute atomic E-state index is 14.7. The molecule has 5 rings (SSSR count). The van der Waals surface area contributed by atoms with Crippen LogP contribution in [0, 0.1) is 12.7 Å². The van der Waals surface area contributed by atoms with Gasteiger partial charge in [0.25, 0.3) is 0 Å². The summed E-state index contributed by atoms with van der Waals surface area (Å²) in [5.41, 5.74) is 2.38. The van der Waals surface area contributed by atoms with Crippen molar-refractivity contribution < 1.29 is 18.4 Å². The minimum absolute atomic E-state index is 0.112. The first-order valence-corrected chi connectivity index (χ1v) is 11.6. The molecule has 0 aliphatic heterocycles. The molecule has 0 bridgehead atoms. The Balaban J connectivity index is 1.56. The molecule has 0 aliphatic rings. The molecule has 10 heteroatoms. The van der Waals surface area contributed by atoms with Crippen LogP contribution in [0.3, 0.4) is 0 Å². The van der Waals surface area contributed by atoms with Crippen molar-refractivity contribution in [3.63, 3.8) is 0 Å². The molecule has 0 fully saturated rings. The molecule has 37 heavy (non-hydrogen) atoms. The number of nitrogens with one attached hydrogen (secondary N) is 1. The van der Waals surface area contributed by atoms with Gasteiger partial charge in [-0.25, -0.2) is 9.07 Å². The van der Waals surface area contributed by atoms with E-state index in [1.165, 1.54) is 28.1 Å². The van der Waals surface area contributed by atoms with Crippen LogP contribution in [0.1, 0.15) is 22.9 Å². The van der Waals surface area contributed by atoms with Crippen LogP contribution in [-0.4, -0.2) is 31.8 Å². The van der Waals surface area contributed by atoms with Crippen LogP contribution in [-0.2, 0) is 22.7 Å². The monoisotopic (exact) mass is 498 g/mol. The molecule has 2 aromatic carbocycles. The van der Waals surface area contributed by atoms with Crippen LogP contribution < -0.4 is 10.2 Å². The summed E-state index contributed by atoms with van der Waals surface area (Å²) in [4.78, 5) is 32.9. The quantitative estimate of drug-likeness (QED) is 0.347. The van der Waals surface area contributed by atoms with Crippen LogP contribution in [0.25, 0.3) is 11.0 Å². The number of carbonyl (C=O) groups is 2. The molecule has 3 heterocycles. The molecular formula is C27H23FN6O3. The van der Waals surface area contributed by atoms with E-state index < -0.39 is 23.7 Å². The molecule has 1 atom stereocenters. The molecule has 0 saturated heterocycles. The SMILES string of the molecule is Cc1ccc(N(C(=O)Cn2nnc3ccccc32)C(C(=O)NCc2ccco2)c2cccnc2)cc1F. The van der Waals surface area contributed by atoms with Crippen LogP contribution in [0.4, 0.5) is 10.1 Å². The second-order valence-corrected chi connectivity index (χ2v) is 8.42. The number of fused-ring (bicyclic) bond motifs is 1. The first-order chi connectivity index (χ1) is 18.0. The number of pyridine rings is 1. The molecule has 0 spiro atoms. The average Bonchev–Trinajstić information content (AvgIpc) is 3.58. The van der Waals surface area contributed by atoms with Crippen molar-refractivity contribution in [1.29, 1.82) is 0 Å². The number of aromatic nitrogens is 4. The van der Waals surface area contributed by atoms with Gasteiger partial charge in [0.1, 0.15) is 29.7 Å². The number of hydrogen-bond acceptors (Lipinski definition) is 6. The Hall–Kier alpha value is -4.86. The van der Waals surface area contributed by atoms with Crippen molar-refractivity contribution in [2.45, 2.75) is 26.1 Å². The highest BCUT2D eigenvalue weighted by Gasteiger charge is 2.34. The summed E-state index contributed by atoms with van der Waals surface area (Å²) >= 11 is 0. The smallest absolute Gasteiger partial charge is 0.249 e. The Labute approximate surface area is 211 Å². The average molecular weight is 499 g/mol. The van der Waals surface area contributed by atoms with Crippen molar-refractivity contribution in [1.82, 2.24) is 25.3 Å². The van der Waals surface area contributed by atoms with Crippen LogP contribution in [0.5, 0.6) is 0 Å². The number of rotatable bonds is 8. The Bertz CT molecular complexity index is 1530. The molecule has 1 N–H and O–H groups in total. The van der Waals surface area contributed by atoms with Crippen molar-refractivity contribution in [3.8, 4) is 0 Å². The third-order valence-corrected chi connectivity index (χ3v) is 5.93. The summed E-state index contributed by atoms with van der Waals surface area (Å²) in [5.74, 6) is -0.919. The Morgan fingerprint density at radius 1 is 1.11 bits per heavy atom. The summed E-state index contributed by atoms with van der Waals surface area (Å²) < 4.78 is 21.5. The molecule has 186 valence electrons. The van der Waals surface area contributed by atoms with E-state index in [9.17, 15) is 14.0 Å². The van der Waals surface area contributed by atoms with Gasteiger partial charge in [0.15, 0.2) is 0 Å². The number of furan rings is 1. The minimum Gasteiger partial charge on any atom is -0.467 e. The number of amides is 2. The van der Waals surface area contributed by atoms with Crippen molar-refractivity contribution in [3.05, 3.63) is 108 Å². The second-order valence-electron chi connectivity index (χ2n) is 8.42. The van der Waals surface area contributed by atoms with E-state index in [4.69, 9.17) is 4.42 Å². The highest BCUT2D eigenvalue weighted by Crippen LogP contribution is 2.30. The van der Waals surface area contributed by atoms with E-state index in [-0.39, 0.29) is 18.8 Å². The number of aryl methyl sites for hydroxylation is 1. The molecule has 3 aromatic heterocycles. The zero-order chi connectivity index (χ0) is 25.8. The molecule has 0 aliphatic carbocycles. The highest BCUT2D eigenvalue weighted by molar-refractivity contribution is 6.01. The number of para-hydroxylation sites is 1. The van der Waals surface area contributed by atoms with Crippen molar-refractivity contribution in [2.24, 2.45) is 0 Å². The fourth-order valence-electron chi connectivity index (χ4n) is 4.05. The molecular weight excluding hydrogens is 475 g/mol. The molecule has 5 aromatic rings. The summed E-state index contributed by atoms with van der Waals surface area (Å²) in [5, 5.41) is 11.0. The van der Waals surface area contributed by atoms with E-state index in [2.05, 4.69) is 20.6 Å². The maximum atomic E-state index is 14.7. The zero-order valence-corrected chi connectivity index (χ0v) is 19.9. The first kappa shape index (κ1) is 23.9. The lowest BCUT2D eigenvalue weighted by atomic mass is 10.0. The standard InChI is InChI=1S/C27H23FN6O3/c1-18-10-11-20(14-22(18)28)34(25(35)17-33-24-9-3-2-8-23(24)31-32-33)26(19-6-4-12-29-15-19)27(36)30-16-21-7-5-13-37-21/h2-15,26H,16-17H2,1H3,(H,30,36). The van der Waals surface area contributed by atoms with Crippen molar-refractivity contribution in [2.75, 3.05) is 4.90 Å². The van der Waals surface area contributed by atoms with Gasteiger partial charge in [0.05, 0.1) is 18.3 Å². The number of anilines is 1. The first-order valence-electron chi connectivity index (χ1n) is 11.6. The lowest BCUT2D eigenvalue weighted by molar-refractivity contribution is -0.127. The third kappa shape index (κ3) is 5.08. The summed E-state index contributed by atoms with van der Waals surface area (Å²) in [6.45, 7) is 1.51. The van der Waals surface area contributed by atoms with Crippen LogP contribution in [0.15, 0.2) is 89.8 Å². The lowest BCUT2D eigenvalue weighted by Crippen LogP contribution is -2.45. The second kappa shape index (κ2) is 10.4. The van der Waals surface area contributed by atoms with Crippen molar-refractivity contribution >= 4 is 28.5 Å². The fraction of sp³-hybridized carbons (Fsp3) is 0.148. The molecule has 1 unspecified atom stereocenters. The number of nitrogens with zero attached hydrogens (tertiary/aromatic N) is 5. The normalized spacial score (nSPS) is 11.8. The number of hydrogen-bond donors (Lipinski definition) is 1. The van der Waals surface area contributed by atoms with Gasteiger partial charge >= 0.3 is 0 Å². The highest BCUT2D eigenvalue weighted by atomic mass is 19.1. The lowest BCUT2D eigenvalue weighted by Gasteiger charge is -2.31. The van der Waals surface area contributed by atoms with Gasteiger partial charge in [-0.3, -0.25) is 19.5 Å². The van der Waals surface area contributed by atoms with Crippen LogP contribution in [0.2, 0.25) is 0 Å². The summed E-state index contributed by atoms with van der Waals surface area (Å²) in [6, 6.07) is 17.3. The van der Waals surface area contributed by atoms with Gasteiger partial charge < -0.3 is 9.73 Å². The maximum Gasteiger partial charge on any atom is 0.249 e. The van der Waals surface area contributed by atoms with Gasteiger partial charge in [-0.05, 0) is 55.0 Å². The van der Waals surface area contributed by atoms with E-state index in [0.29, 0.717) is 27.9 Å². The Morgan fingerprint density at radius 3 is 2.73 bits per heavy atom. The molecule has 2 amide bonds. The van der Waals surface area contributed by atoms with Gasteiger partial charge in [-0.1, -0.05) is 29.5 Å². The number of halogens is 1. The summed E-state index contributed by atoms with van der Waals surface area (Å²) in [6.07, 6.45) is 4.58. The van der Waals surface area contributed by atoms with E-state index in [1.54, 1.807) is 61.7 Å².